The van der Waals surface area contributed by atoms with E-state index in [-0.39, 0.29) is 22.1 Å². The predicted molar refractivity (Wildman–Crippen MR) is 132 cm³/mol. The van der Waals surface area contributed by atoms with Gasteiger partial charge in [0.15, 0.2) is 11.3 Å². The highest BCUT2D eigenvalue weighted by Crippen LogP contribution is 2.37. The van der Waals surface area contributed by atoms with Crippen LogP contribution in [0.25, 0.3) is 11.0 Å². The summed E-state index contributed by atoms with van der Waals surface area (Å²) in [4.78, 5) is 15.1. The number of aryl methyl sites for hydroxylation is 4. The Bertz CT molecular complexity index is 1330. The lowest BCUT2D eigenvalue weighted by atomic mass is 10.0. The number of hydrogen-bond acceptors (Lipinski definition) is 4. The fourth-order valence-electron chi connectivity index (χ4n) is 4.67. The maximum absolute atomic E-state index is 13.7. The number of piperidine rings is 1. The van der Waals surface area contributed by atoms with E-state index >= 15 is 0 Å². The zero-order chi connectivity index (χ0) is 23.9. The summed E-state index contributed by atoms with van der Waals surface area (Å²) in [6.07, 6.45) is 3.77. The first-order valence-electron chi connectivity index (χ1n) is 11.6. The number of carbonyl (C=O) groups is 1. The van der Waals surface area contributed by atoms with Crippen LogP contribution in [0, 0.1) is 27.7 Å². The maximum atomic E-state index is 13.7. The average molecular weight is 469 g/mol. The molecule has 0 aliphatic carbocycles. The molecule has 1 aliphatic rings. The minimum atomic E-state index is -3.97. The molecule has 7 heteroatoms. The Labute approximate surface area is 196 Å². The van der Waals surface area contributed by atoms with Crippen molar-refractivity contribution in [1.82, 2.24) is 4.90 Å². The van der Waals surface area contributed by atoms with Crippen LogP contribution in [0.3, 0.4) is 0 Å². The van der Waals surface area contributed by atoms with Gasteiger partial charge in [-0.15, -0.1) is 0 Å². The van der Waals surface area contributed by atoms with Crippen molar-refractivity contribution >= 4 is 32.6 Å². The van der Waals surface area contributed by atoms with Crippen molar-refractivity contribution in [3.8, 4) is 0 Å². The number of rotatable bonds is 5. The number of likely N-dealkylation sites (tertiary alicyclic amines) is 1. The zero-order valence-corrected chi connectivity index (χ0v) is 20.9. The Balaban J connectivity index is 1.87. The van der Waals surface area contributed by atoms with Crippen LogP contribution in [0.1, 0.15) is 64.6 Å². The van der Waals surface area contributed by atoms with E-state index in [1.807, 2.05) is 52.0 Å². The molecule has 1 aromatic heterocycles. The van der Waals surface area contributed by atoms with Gasteiger partial charge in [0.1, 0.15) is 4.90 Å². The van der Waals surface area contributed by atoms with Gasteiger partial charge in [-0.2, -0.15) is 0 Å². The van der Waals surface area contributed by atoms with Gasteiger partial charge in [0, 0.05) is 24.0 Å². The van der Waals surface area contributed by atoms with Crippen molar-refractivity contribution in [1.29, 1.82) is 0 Å². The van der Waals surface area contributed by atoms with Gasteiger partial charge in [-0.1, -0.05) is 25.1 Å². The molecule has 3 aromatic rings. The van der Waals surface area contributed by atoms with Crippen LogP contribution in [-0.4, -0.2) is 32.3 Å². The lowest BCUT2D eigenvalue weighted by Crippen LogP contribution is -2.35. The molecular weight excluding hydrogens is 436 g/mol. The number of furan rings is 1. The largest absolute Gasteiger partial charge is 0.449 e. The second-order valence-electron chi connectivity index (χ2n) is 9.00. The lowest BCUT2D eigenvalue weighted by molar-refractivity contribution is 0.0693. The van der Waals surface area contributed by atoms with Crippen LogP contribution < -0.4 is 4.72 Å². The Morgan fingerprint density at radius 3 is 2.39 bits per heavy atom. The summed E-state index contributed by atoms with van der Waals surface area (Å²) in [5.41, 5.74) is 4.77. The van der Waals surface area contributed by atoms with E-state index in [1.165, 1.54) is 0 Å². The zero-order valence-electron chi connectivity index (χ0n) is 20.0. The first-order valence-corrected chi connectivity index (χ1v) is 13.1. The number of fused-ring (bicyclic) bond motifs is 1. The van der Waals surface area contributed by atoms with Gasteiger partial charge in [-0.25, -0.2) is 8.42 Å². The first kappa shape index (κ1) is 23.4. The maximum Gasteiger partial charge on any atom is 0.289 e. The molecule has 0 saturated carbocycles. The van der Waals surface area contributed by atoms with Gasteiger partial charge in [-0.3, -0.25) is 9.52 Å². The molecule has 1 saturated heterocycles. The summed E-state index contributed by atoms with van der Waals surface area (Å²) in [5, 5.41) is 0.666. The average Bonchev–Trinajstić information content (AvgIpc) is 3.11. The molecule has 2 heterocycles. The van der Waals surface area contributed by atoms with Crippen LogP contribution in [-0.2, 0) is 16.4 Å². The van der Waals surface area contributed by atoms with Gasteiger partial charge >= 0.3 is 0 Å². The number of benzene rings is 2. The van der Waals surface area contributed by atoms with Crippen LogP contribution >= 0.6 is 0 Å². The van der Waals surface area contributed by atoms with E-state index in [0.29, 0.717) is 41.7 Å². The molecule has 0 atom stereocenters. The van der Waals surface area contributed by atoms with Crippen molar-refractivity contribution in [3.63, 3.8) is 0 Å². The number of hydrogen-bond donors (Lipinski definition) is 1. The van der Waals surface area contributed by atoms with Gasteiger partial charge in [0.05, 0.1) is 5.69 Å². The van der Waals surface area contributed by atoms with Crippen molar-refractivity contribution in [2.75, 3.05) is 17.8 Å². The van der Waals surface area contributed by atoms with Crippen molar-refractivity contribution in [2.45, 2.75) is 65.2 Å². The molecule has 0 bridgehead atoms. The highest BCUT2D eigenvalue weighted by molar-refractivity contribution is 7.93. The highest BCUT2D eigenvalue weighted by atomic mass is 32.2. The smallest absolute Gasteiger partial charge is 0.289 e. The third-order valence-electron chi connectivity index (χ3n) is 6.78. The minimum Gasteiger partial charge on any atom is -0.449 e. The summed E-state index contributed by atoms with van der Waals surface area (Å²) in [7, 11) is -3.97. The molecule has 4 rings (SSSR count). The van der Waals surface area contributed by atoms with Crippen LogP contribution in [0.4, 0.5) is 5.69 Å². The van der Waals surface area contributed by atoms with Crippen LogP contribution in [0.5, 0.6) is 0 Å². The third-order valence-corrected chi connectivity index (χ3v) is 8.28. The molecule has 1 amide bonds. The molecule has 2 aromatic carbocycles. The Kier molecular flexibility index (Phi) is 6.27. The molecule has 1 aliphatic heterocycles. The Morgan fingerprint density at radius 2 is 1.73 bits per heavy atom. The van der Waals surface area contributed by atoms with Gasteiger partial charge in [0.2, 0.25) is 0 Å². The Morgan fingerprint density at radius 1 is 1.03 bits per heavy atom. The number of amides is 1. The number of nitrogens with one attached hydrogen (secondary N) is 1. The normalized spacial score (nSPS) is 14.6. The lowest BCUT2D eigenvalue weighted by Gasteiger charge is -2.25. The quantitative estimate of drug-likeness (QED) is 0.524. The Hall–Kier alpha value is -2.80. The number of sulfonamides is 1. The van der Waals surface area contributed by atoms with E-state index in [1.54, 1.807) is 11.8 Å². The van der Waals surface area contributed by atoms with E-state index in [9.17, 15) is 13.2 Å². The SMILES string of the molecule is CCc1cccc(C)c1NS(=O)(=O)c1c(C)c(C)cc2c(C)c(C(=O)N3CCCCC3)oc12. The number of anilines is 1. The summed E-state index contributed by atoms with van der Waals surface area (Å²) in [6, 6.07) is 7.66. The number of carbonyl (C=O) groups excluding carboxylic acids is 1. The monoisotopic (exact) mass is 468 g/mol. The number of para-hydroxylation sites is 1. The molecule has 1 N–H and O–H groups in total. The second kappa shape index (κ2) is 8.86. The third kappa shape index (κ3) is 4.14. The van der Waals surface area contributed by atoms with Crippen molar-refractivity contribution in [2.24, 2.45) is 0 Å². The standard InChI is InChI=1S/C26H32N2O4S/c1-6-20-12-10-11-16(2)22(20)27-33(30,31)25-18(4)17(3)15-21-19(5)23(32-24(21)25)26(29)28-13-8-7-9-14-28/h10-12,15,27H,6-9,13-14H2,1-5H3. The first-order chi connectivity index (χ1) is 15.7. The minimum absolute atomic E-state index is 0.101. The van der Waals surface area contributed by atoms with Crippen LogP contribution in [0.15, 0.2) is 33.6 Å². The van der Waals surface area contributed by atoms with E-state index in [4.69, 9.17) is 4.42 Å². The van der Waals surface area contributed by atoms with E-state index in [0.717, 1.165) is 36.0 Å². The summed E-state index contributed by atoms with van der Waals surface area (Å²) in [6.45, 7) is 10.8. The second-order valence-corrected chi connectivity index (χ2v) is 10.6. The fourth-order valence-corrected chi connectivity index (χ4v) is 6.29. The predicted octanol–water partition coefficient (Wildman–Crippen LogP) is 5.66. The van der Waals surface area contributed by atoms with Crippen LogP contribution in [0.2, 0.25) is 0 Å². The van der Waals surface area contributed by atoms with Gasteiger partial charge in [-0.05, 0) is 81.7 Å². The molecule has 33 heavy (non-hydrogen) atoms. The number of nitrogens with zero attached hydrogens (tertiary/aromatic N) is 1. The molecular formula is C26H32N2O4S. The summed E-state index contributed by atoms with van der Waals surface area (Å²) < 4.78 is 36.4. The van der Waals surface area contributed by atoms with Gasteiger partial charge < -0.3 is 9.32 Å². The van der Waals surface area contributed by atoms with Crippen molar-refractivity contribution < 1.29 is 17.6 Å². The molecule has 6 nitrogen and oxygen atoms in total. The van der Waals surface area contributed by atoms with Gasteiger partial charge in [0.25, 0.3) is 15.9 Å². The van der Waals surface area contributed by atoms with Crippen molar-refractivity contribution in [3.05, 3.63) is 57.8 Å². The summed E-state index contributed by atoms with van der Waals surface area (Å²) >= 11 is 0. The van der Waals surface area contributed by atoms with E-state index in [2.05, 4.69) is 4.72 Å². The molecule has 0 radical (unpaired) electrons. The molecule has 176 valence electrons. The topological polar surface area (TPSA) is 79.6 Å². The molecule has 0 spiro atoms. The summed E-state index contributed by atoms with van der Waals surface area (Å²) in [5.74, 6) is 0.0701. The molecule has 1 fully saturated rings. The molecule has 0 unspecified atom stereocenters. The van der Waals surface area contributed by atoms with E-state index < -0.39 is 10.0 Å². The fraction of sp³-hybridized carbons (Fsp3) is 0.423. The highest BCUT2D eigenvalue weighted by Gasteiger charge is 2.30.